The molecule has 0 saturated heterocycles. The number of aromatic amines is 1. The van der Waals surface area contributed by atoms with E-state index in [-0.39, 0.29) is 0 Å². The third kappa shape index (κ3) is 3.13. The molecule has 0 aliphatic rings. The number of rotatable bonds is 5. The summed E-state index contributed by atoms with van der Waals surface area (Å²) in [6.07, 6.45) is 3.75. The van der Waals surface area contributed by atoms with E-state index < -0.39 is 0 Å². The van der Waals surface area contributed by atoms with Gasteiger partial charge in [0.2, 0.25) is 0 Å². The van der Waals surface area contributed by atoms with Crippen molar-refractivity contribution in [2.45, 2.75) is 13.1 Å². The average Bonchev–Trinajstić information content (AvgIpc) is 3.02. The summed E-state index contributed by atoms with van der Waals surface area (Å²) in [5.41, 5.74) is 4.97. The van der Waals surface area contributed by atoms with Gasteiger partial charge in [0.15, 0.2) is 0 Å². The first-order chi connectivity index (χ1) is 9.92. The van der Waals surface area contributed by atoms with Gasteiger partial charge >= 0.3 is 0 Å². The molecule has 0 saturated carbocycles. The van der Waals surface area contributed by atoms with Gasteiger partial charge in [-0.2, -0.15) is 5.10 Å². The van der Waals surface area contributed by atoms with E-state index in [1.165, 1.54) is 22.3 Å². The zero-order valence-electron chi connectivity index (χ0n) is 11.2. The second kappa shape index (κ2) is 6.17. The number of benzene rings is 2. The molecule has 0 fully saturated rings. The van der Waals surface area contributed by atoms with Crippen molar-refractivity contribution in [1.82, 2.24) is 15.5 Å². The molecule has 100 valence electrons. The first-order valence-electron chi connectivity index (χ1n) is 6.74. The highest BCUT2D eigenvalue weighted by Crippen LogP contribution is 2.19. The largest absolute Gasteiger partial charge is 0.309 e. The third-order valence-electron chi connectivity index (χ3n) is 3.27. The summed E-state index contributed by atoms with van der Waals surface area (Å²) in [5.74, 6) is 0. The van der Waals surface area contributed by atoms with E-state index >= 15 is 0 Å². The lowest BCUT2D eigenvalue weighted by molar-refractivity contribution is 0.694. The number of hydrogen-bond acceptors (Lipinski definition) is 2. The second-order valence-electron chi connectivity index (χ2n) is 4.77. The van der Waals surface area contributed by atoms with E-state index in [0.717, 1.165) is 13.1 Å². The molecule has 0 aliphatic heterocycles. The highest BCUT2D eigenvalue weighted by atomic mass is 15.1. The SMILES string of the molecule is c1ccc(-c2ccc(CNCc3cn[nH]c3)cc2)cc1. The van der Waals surface area contributed by atoms with Gasteiger partial charge in [0.25, 0.3) is 0 Å². The highest BCUT2D eigenvalue weighted by Gasteiger charge is 1.98. The van der Waals surface area contributed by atoms with Crippen molar-refractivity contribution in [3.8, 4) is 11.1 Å². The molecule has 0 unspecified atom stereocenters. The van der Waals surface area contributed by atoms with Gasteiger partial charge in [-0.15, -0.1) is 0 Å². The Balaban J connectivity index is 1.59. The van der Waals surface area contributed by atoms with Crippen LogP contribution in [0.2, 0.25) is 0 Å². The quantitative estimate of drug-likeness (QED) is 0.741. The van der Waals surface area contributed by atoms with Gasteiger partial charge in [-0.1, -0.05) is 54.6 Å². The predicted octanol–water partition coefficient (Wildman–Crippen LogP) is 3.37. The Labute approximate surface area is 118 Å². The number of nitrogens with zero attached hydrogens (tertiary/aromatic N) is 1. The molecule has 3 nitrogen and oxygen atoms in total. The molecular formula is C17H17N3. The summed E-state index contributed by atoms with van der Waals surface area (Å²) in [7, 11) is 0. The molecule has 0 amide bonds. The molecule has 1 aromatic heterocycles. The Morgan fingerprint density at radius 3 is 2.20 bits per heavy atom. The number of H-pyrrole nitrogens is 1. The molecule has 0 atom stereocenters. The van der Waals surface area contributed by atoms with Crippen molar-refractivity contribution in [2.24, 2.45) is 0 Å². The van der Waals surface area contributed by atoms with Crippen LogP contribution in [0.4, 0.5) is 0 Å². The van der Waals surface area contributed by atoms with E-state index in [2.05, 4.69) is 64.0 Å². The lowest BCUT2D eigenvalue weighted by Crippen LogP contribution is -2.11. The van der Waals surface area contributed by atoms with Gasteiger partial charge in [-0.25, -0.2) is 0 Å². The molecule has 0 spiro atoms. The van der Waals surface area contributed by atoms with E-state index in [1.54, 1.807) is 0 Å². The van der Waals surface area contributed by atoms with Crippen LogP contribution in [0.15, 0.2) is 67.0 Å². The summed E-state index contributed by atoms with van der Waals surface area (Å²) in [6.45, 7) is 1.69. The lowest BCUT2D eigenvalue weighted by atomic mass is 10.0. The maximum absolute atomic E-state index is 3.93. The summed E-state index contributed by atoms with van der Waals surface area (Å²) < 4.78 is 0. The Bertz CT molecular complexity index is 628. The van der Waals surface area contributed by atoms with E-state index in [0.29, 0.717) is 0 Å². The summed E-state index contributed by atoms with van der Waals surface area (Å²) in [6, 6.07) is 19.1. The van der Waals surface area contributed by atoms with Crippen molar-refractivity contribution in [2.75, 3.05) is 0 Å². The van der Waals surface area contributed by atoms with Crippen molar-refractivity contribution >= 4 is 0 Å². The van der Waals surface area contributed by atoms with Gasteiger partial charge in [0.1, 0.15) is 0 Å². The van der Waals surface area contributed by atoms with Crippen molar-refractivity contribution in [1.29, 1.82) is 0 Å². The first-order valence-corrected chi connectivity index (χ1v) is 6.74. The van der Waals surface area contributed by atoms with E-state index in [4.69, 9.17) is 0 Å². The smallest absolute Gasteiger partial charge is 0.0532 e. The van der Waals surface area contributed by atoms with Crippen LogP contribution in [0.25, 0.3) is 11.1 Å². The van der Waals surface area contributed by atoms with Gasteiger partial charge in [0.05, 0.1) is 6.20 Å². The van der Waals surface area contributed by atoms with Crippen LogP contribution in [0.3, 0.4) is 0 Å². The van der Waals surface area contributed by atoms with E-state index in [9.17, 15) is 0 Å². The normalized spacial score (nSPS) is 10.6. The van der Waals surface area contributed by atoms with Gasteiger partial charge < -0.3 is 5.32 Å². The van der Waals surface area contributed by atoms with Gasteiger partial charge in [0, 0.05) is 24.8 Å². The fourth-order valence-corrected chi connectivity index (χ4v) is 2.17. The maximum Gasteiger partial charge on any atom is 0.0532 e. The topological polar surface area (TPSA) is 40.7 Å². The number of hydrogen-bond donors (Lipinski definition) is 2. The monoisotopic (exact) mass is 263 g/mol. The number of aromatic nitrogens is 2. The summed E-state index contributed by atoms with van der Waals surface area (Å²) in [5, 5.41) is 10.1. The van der Waals surface area contributed by atoms with Crippen LogP contribution in [0.5, 0.6) is 0 Å². The van der Waals surface area contributed by atoms with Gasteiger partial charge in [-0.05, 0) is 16.7 Å². The zero-order chi connectivity index (χ0) is 13.6. The minimum absolute atomic E-state index is 0.830. The molecule has 0 bridgehead atoms. The molecule has 2 aromatic carbocycles. The summed E-state index contributed by atoms with van der Waals surface area (Å²) in [4.78, 5) is 0. The Morgan fingerprint density at radius 1 is 0.800 bits per heavy atom. The standard InChI is InChI=1S/C17H17N3/c1-2-4-16(5-3-1)17-8-6-14(7-9-17)10-18-11-15-12-19-20-13-15/h1-9,12-13,18H,10-11H2,(H,19,20). The number of nitrogens with one attached hydrogen (secondary N) is 2. The van der Waals surface area contributed by atoms with Crippen LogP contribution < -0.4 is 5.32 Å². The minimum Gasteiger partial charge on any atom is -0.309 e. The molecule has 1 heterocycles. The lowest BCUT2D eigenvalue weighted by Gasteiger charge is -2.05. The molecule has 2 N–H and O–H groups in total. The molecule has 3 heteroatoms. The summed E-state index contributed by atoms with van der Waals surface area (Å²) >= 11 is 0. The molecular weight excluding hydrogens is 246 g/mol. The average molecular weight is 263 g/mol. The molecule has 0 aliphatic carbocycles. The first kappa shape index (κ1) is 12.6. The Kier molecular flexibility index (Phi) is 3.90. The fourth-order valence-electron chi connectivity index (χ4n) is 2.17. The van der Waals surface area contributed by atoms with Crippen LogP contribution in [-0.2, 0) is 13.1 Å². The zero-order valence-corrected chi connectivity index (χ0v) is 11.2. The van der Waals surface area contributed by atoms with Crippen LogP contribution in [-0.4, -0.2) is 10.2 Å². The van der Waals surface area contributed by atoms with Crippen LogP contribution in [0.1, 0.15) is 11.1 Å². The van der Waals surface area contributed by atoms with Gasteiger partial charge in [-0.3, -0.25) is 5.10 Å². The van der Waals surface area contributed by atoms with Crippen LogP contribution in [0, 0.1) is 0 Å². The molecule has 3 aromatic rings. The van der Waals surface area contributed by atoms with E-state index in [1.807, 2.05) is 18.5 Å². The molecule has 20 heavy (non-hydrogen) atoms. The maximum atomic E-state index is 3.93. The Hall–Kier alpha value is -2.39. The van der Waals surface area contributed by atoms with Crippen molar-refractivity contribution < 1.29 is 0 Å². The second-order valence-corrected chi connectivity index (χ2v) is 4.77. The molecule has 0 radical (unpaired) electrons. The molecule has 3 rings (SSSR count). The third-order valence-corrected chi connectivity index (χ3v) is 3.27. The van der Waals surface area contributed by atoms with Crippen molar-refractivity contribution in [3.05, 3.63) is 78.1 Å². The highest BCUT2D eigenvalue weighted by molar-refractivity contribution is 5.63. The van der Waals surface area contributed by atoms with Crippen molar-refractivity contribution in [3.63, 3.8) is 0 Å². The minimum atomic E-state index is 0.830. The van der Waals surface area contributed by atoms with Crippen LogP contribution >= 0.6 is 0 Å². The predicted molar refractivity (Wildman–Crippen MR) is 81.0 cm³/mol. The Morgan fingerprint density at radius 2 is 1.50 bits per heavy atom. The fraction of sp³-hybridized carbons (Fsp3) is 0.118.